The van der Waals surface area contributed by atoms with E-state index in [1.165, 1.54) is 11.3 Å². The third-order valence-electron chi connectivity index (χ3n) is 4.41. The molecule has 5 nitrogen and oxygen atoms in total. The number of thiazole rings is 1. The van der Waals surface area contributed by atoms with E-state index in [1.807, 2.05) is 54.6 Å². The minimum absolute atomic E-state index is 0.0130. The van der Waals surface area contributed by atoms with Crippen LogP contribution in [-0.4, -0.2) is 17.5 Å². The summed E-state index contributed by atoms with van der Waals surface area (Å²) in [7, 11) is 0. The highest BCUT2D eigenvalue weighted by Crippen LogP contribution is 2.24. The summed E-state index contributed by atoms with van der Waals surface area (Å²) in [6.45, 7) is 2.68. The highest BCUT2D eigenvalue weighted by Gasteiger charge is 2.13. The van der Waals surface area contributed by atoms with E-state index in [2.05, 4.69) is 17.2 Å². The van der Waals surface area contributed by atoms with Crippen molar-refractivity contribution in [1.82, 2.24) is 4.98 Å². The number of halogens is 1. The third-order valence-corrected chi connectivity index (χ3v) is 5.57. The van der Waals surface area contributed by atoms with Crippen LogP contribution in [0, 0.1) is 11.3 Å². The van der Waals surface area contributed by atoms with Crippen LogP contribution in [0.15, 0.2) is 60.3 Å². The Morgan fingerprint density at radius 1 is 1.26 bits per heavy atom. The predicted octanol–water partition coefficient (Wildman–Crippen LogP) is 6.11. The maximum absolute atomic E-state index is 12.6. The van der Waals surface area contributed by atoms with Gasteiger partial charge in [0.1, 0.15) is 17.4 Å². The average Bonchev–Trinajstić information content (AvgIpc) is 3.21. The number of hydrogen-bond donors (Lipinski definition) is 1. The summed E-state index contributed by atoms with van der Waals surface area (Å²) in [6, 6.07) is 16.9. The van der Waals surface area contributed by atoms with Gasteiger partial charge in [0.25, 0.3) is 5.91 Å². The Bertz CT molecular complexity index is 1100. The SMILES string of the molecule is CCCCOc1ccccc1/C=C(\C#N)C(=O)Nc1ncc(Cc2ccc(Cl)cc2)s1. The summed E-state index contributed by atoms with van der Waals surface area (Å²) >= 11 is 7.30. The number of benzene rings is 2. The second-order valence-electron chi connectivity index (χ2n) is 6.80. The van der Waals surface area contributed by atoms with Crippen molar-refractivity contribution in [3.63, 3.8) is 0 Å². The van der Waals surface area contributed by atoms with Gasteiger partial charge in [0.2, 0.25) is 0 Å². The summed E-state index contributed by atoms with van der Waals surface area (Å²) in [5.41, 5.74) is 1.78. The predicted molar refractivity (Wildman–Crippen MR) is 125 cm³/mol. The molecule has 0 fully saturated rings. The van der Waals surface area contributed by atoms with Gasteiger partial charge in [-0.2, -0.15) is 5.26 Å². The number of rotatable bonds is 9. The number of amides is 1. The second-order valence-corrected chi connectivity index (χ2v) is 8.35. The summed E-state index contributed by atoms with van der Waals surface area (Å²) in [4.78, 5) is 17.9. The molecule has 1 N–H and O–H groups in total. The fourth-order valence-corrected chi connectivity index (χ4v) is 3.74. The Kier molecular flexibility index (Phi) is 8.22. The summed E-state index contributed by atoms with van der Waals surface area (Å²) in [5, 5.41) is 13.4. The summed E-state index contributed by atoms with van der Waals surface area (Å²) in [6.07, 6.45) is 5.91. The average molecular weight is 452 g/mol. The Morgan fingerprint density at radius 3 is 2.77 bits per heavy atom. The van der Waals surface area contributed by atoms with Crippen molar-refractivity contribution >= 4 is 40.1 Å². The van der Waals surface area contributed by atoms with Crippen molar-refractivity contribution in [3.8, 4) is 11.8 Å². The maximum Gasteiger partial charge on any atom is 0.268 e. The molecule has 3 rings (SSSR count). The molecule has 0 aliphatic rings. The van der Waals surface area contributed by atoms with Crippen molar-refractivity contribution in [2.75, 3.05) is 11.9 Å². The molecule has 158 valence electrons. The van der Waals surface area contributed by atoms with E-state index in [4.69, 9.17) is 16.3 Å². The van der Waals surface area contributed by atoms with Gasteiger partial charge in [-0.1, -0.05) is 55.3 Å². The molecule has 0 radical (unpaired) electrons. The molecular weight excluding hydrogens is 430 g/mol. The minimum atomic E-state index is -0.502. The molecular formula is C24H22ClN3O2S. The molecule has 3 aromatic rings. The maximum atomic E-state index is 12.6. The number of carbonyl (C=O) groups is 1. The number of nitrogens with one attached hydrogen (secondary N) is 1. The van der Waals surface area contributed by atoms with Gasteiger partial charge in [-0.25, -0.2) is 4.98 Å². The first-order chi connectivity index (χ1) is 15.1. The molecule has 1 aromatic heterocycles. The van der Waals surface area contributed by atoms with Gasteiger partial charge in [-0.15, -0.1) is 11.3 Å². The van der Waals surface area contributed by atoms with E-state index in [0.717, 1.165) is 23.3 Å². The van der Waals surface area contributed by atoms with Gasteiger partial charge < -0.3 is 4.74 Å². The van der Waals surface area contributed by atoms with Crippen LogP contribution in [-0.2, 0) is 11.2 Å². The van der Waals surface area contributed by atoms with Crippen LogP contribution in [0.2, 0.25) is 5.02 Å². The van der Waals surface area contributed by atoms with Gasteiger partial charge in [0.05, 0.1) is 6.61 Å². The zero-order valence-corrected chi connectivity index (χ0v) is 18.7. The molecule has 31 heavy (non-hydrogen) atoms. The number of anilines is 1. The first-order valence-electron chi connectivity index (χ1n) is 9.93. The molecule has 2 aromatic carbocycles. The Morgan fingerprint density at radius 2 is 2.03 bits per heavy atom. The van der Waals surface area contributed by atoms with Gasteiger partial charge in [-0.05, 0) is 36.3 Å². The molecule has 1 amide bonds. The number of ether oxygens (including phenoxy) is 1. The zero-order chi connectivity index (χ0) is 22.1. The van der Waals surface area contributed by atoms with Crippen LogP contribution in [0.25, 0.3) is 6.08 Å². The highest BCUT2D eigenvalue weighted by molar-refractivity contribution is 7.15. The van der Waals surface area contributed by atoms with Gasteiger partial charge >= 0.3 is 0 Å². The third kappa shape index (κ3) is 6.68. The molecule has 1 heterocycles. The topological polar surface area (TPSA) is 75.0 Å². The second kappa shape index (κ2) is 11.3. The van der Waals surface area contributed by atoms with Crippen LogP contribution < -0.4 is 10.1 Å². The molecule has 0 aliphatic heterocycles. The fourth-order valence-electron chi connectivity index (χ4n) is 2.78. The Labute approximate surface area is 191 Å². The van der Waals surface area contributed by atoms with Crippen LogP contribution >= 0.6 is 22.9 Å². The lowest BCUT2D eigenvalue weighted by Gasteiger charge is -2.09. The van der Waals surface area contributed by atoms with Crippen LogP contribution in [0.1, 0.15) is 35.8 Å². The van der Waals surface area contributed by atoms with Gasteiger partial charge in [0, 0.05) is 28.1 Å². The van der Waals surface area contributed by atoms with Crippen LogP contribution in [0.5, 0.6) is 5.75 Å². The van der Waals surface area contributed by atoms with Crippen LogP contribution in [0.4, 0.5) is 5.13 Å². The van der Waals surface area contributed by atoms with Crippen molar-refractivity contribution in [1.29, 1.82) is 5.26 Å². The van der Waals surface area contributed by atoms with E-state index >= 15 is 0 Å². The minimum Gasteiger partial charge on any atom is -0.493 e. The molecule has 0 spiro atoms. The number of hydrogen-bond acceptors (Lipinski definition) is 5. The number of nitriles is 1. The number of para-hydroxylation sites is 1. The summed E-state index contributed by atoms with van der Waals surface area (Å²) in [5.74, 6) is 0.147. The van der Waals surface area contributed by atoms with E-state index in [9.17, 15) is 10.1 Å². The Hall–Kier alpha value is -3.14. The van der Waals surface area contributed by atoms with E-state index in [1.54, 1.807) is 12.3 Å². The number of aromatic nitrogens is 1. The van der Waals surface area contributed by atoms with E-state index in [0.29, 0.717) is 34.5 Å². The lowest BCUT2D eigenvalue weighted by Crippen LogP contribution is -2.13. The lowest BCUT2D eigenvalue weighted by atomic mass is 10.1. The quantitative estimate of drug-likeness (QED) is 0.242. The molecule has 7 heteroatoms. The number of unbranched alkanes of at least 4 members (excludes halogenated alkanes) is 1. The fraction of sp³-hybridized carbons (Fsp3) is 0.208. The van der Waals surface area contributed by atoms with Crippen molar-refractivity contribution in [2.45, 2.75) is 26.2 Å². The molecule has 0 atom stereocenters. The largest absolute Gasteiger partial charge is 0.493 e. The van der Waals surface area contributed by atoms with Gasteiger partial charge in [-0.3, -0.25) is 10.1 Å². The molecule has 0 aliphatic carbocycles. The smallest absolute Gasteiger partial charge is 0.268 e. The zero-order valence-electron chi connectivity index (χ0n) is 17.1. The monoisotopic (exact) mass is 451 g/mol. The molecule has 0 saturated carbocycles. The highest BCUT2D eigenvalue weighted by atomic mass is 35.5. The van der Waals surface area contributed by atoms with Crippen molar-refractivity contribution in [3.05, 3.63) is 81.3 Å². The van der Waals surface area contributed by atoms with Crippen molar-refractivity contribution < 1.29 is 9.53 Å². The van der Waals surface area contributed by atoms with Crippen LogP contribution in [0.3, 0.4) is 0 Å². The molecule has 0 unspecified atom stereocenters. The molecule has 0 saturated heterocycles. The normalized spacial score (nSPS) is 11.1. The van der Waals surface area contributed by atoms with Gasteiger partial charge in [0.15, 0.2) is 5.13 Å². The van der Waals surface area contributed by atoms with Crippen molar-refractivity contribution in [2.24, 2.45) is 0 Å². The molecule has 0 bridgehead atoms. The number of nitrogens with zero attached hydrogens (tertiary/aromatic N) is 2. The standard InChI is InChI=1S/C24H22ClN3O2S/c1-2-3-12-30-22-7-5-4-6-18(22)14-19(15-26)23(29)28-24-27-16-21(31-24)13-17-8-10-20(25)11-9-17/h4-11,14,16H,2-3,12-13H2,1H3,(H,27,28,29)/b19-14+. The first-order valence-corrected chi connectivity index (χ1v) is 11.1. The first kappa shape index (κ1) is 22.5. The lowest BCUT2D eigenvalue weighted by molar-refractivity contribution is -0.112. The summed E-state index contributed by atoms with van der Waals surface area (Å²) < 4.78 is 5.78. The number of carbonyl (C=O) groups excluding carboxylic acids is 1. The Balaban J connectivity index is 1.69. The van der Waals surface area contributed by atoms with E-state index in [-0.39, 0.29) is 5.57 Å². The van der Waals surface area contributed by atoms with E-state index < -0.39 is 5.91 Å².